The Labute approximate surface area is 80.9 Å². The number of fused-ring (bicyclic) bond motifs is 1. The first-order valence-electron chi connectivity index (χ1n) is 4.13. The SMILES string of the molecule is NC(=O)/C=C\c1cccc2c1OCO2. The lowest BCUT2D eigenvalue weighted by molar-refractivity contribution is -0.113. The van der Waals surface area contributed by atoms with E-state index in [9.17, 15) is 4.79 Å². The van der Waals surface area contributed by atoms with Crippen molar-refractivity contribution in [3.63, 3.8) is 0 Å². The van der Waals surface area contributed by atoms with Crippen molar-refractivity contribution in [2.75, 3.05) is 6.79 Å². The van der Waals surface area contributed by atoms with Gasteiger partial charge in [-0.1, -0.05) is 12.1 Å². The lowest BCUT2D eigenvalue weighted by Crippen LogP contribution is -2.05. The maximum atomic E-state index is 10.5. The number of rotatable bonds is 2. The van der Waals surface area contributed by atoms with E-state index in [1.807, 2.05) is 18.2 Å². The normalized spacial score (nSPS) is 13.4. The van der Waals surface area contributed by atoms with Gasteiger partial charge in [-0.2, -0.15) is 0 Å². The second-order valence-electron chi connectivity index (χ2n) is 2.82. The predicted molar refractivity (Wildman–Crippen MR) is 50.8 cm³/mol. The fraction of sp³-hybridized carbons (Fsp3) is 0.100. The first-order valence-corrected chi connectivity index (χ1v) is 4.13. The van der Waals surface area contributed by atoms with Gasteiger partial charge in [-0.05, 0) is 12.1 Å². The second-order valence-corrected chi connectivity index (χ2v) is 2.82. The van der Waals surface area contributed by atoms with Crippen molar-refractivity contribution in [2.45, 2.75) is 0 Å². The third-order valence-corrected chi connectivity index (χ3v) is 1.85. The number of ether oxygens (including phenoxy) is 2. The summed E-state index contributed by atoms with van der Waals surface area (Å²) in [6.45, 7) is 0.219. The van der Waals surface area contributed by atoms with E-state index in [-0.39, 0.29) is 6.79 Å². The highest BCUT2D eigenvalue weighted by atomic mass is 16.7. The van der Waals surface area contributed by atoms with Crippen LogP contribution in [0.5, 0.6) is 11.5 Å². The summed E-state index contributed by atoms with van der Waals surface area (Å²) in [5, 5.41) is 0. The van der Waals surface area contributed by atoms with Crippen LogP contribution in [-0.2, 0) is 4.79 Å². The molecule has 0 aromatic heterocycles. The van der Waals surface area contributed by atoms with Crippen LogP contribution in [0.25, 0.3) is 6.08 Å². The molecule has 1 aliphatic heterocycles. The minimum Gasteiger partial charge on any atom is -0.454 e. The molecule has 4 heteroatoms. The van der Waals surface area contributed by atoms with Gasteiger partial charge in [0.25, 0.3) is 0 Å². The highest BCUT2D eigenvalue weighted by molar-refractivity contribution is 5.90. The van der Waals surface area contributed by atoms with Gasteiger partial charge in [0.1, 0.15) is 0 Å². The molecule has 1 amide bonds. The molecule has 14 heavy (non-hydrogen) atoms. The molecule has 0 atom stereocenters. The van der Waals surface area contributed by atoms with Crippen LogP contribution in [-0.4, -0.2) is 12.7 Å². The number of nitrogens with two attached hydrogens (primary N) is 1. The molecule has 0 saturated carbocycles. The zero-order valence-corrected chi connectivity index (χ0v) is 7.40. The first kappa shape index (κ1) is 8.62. The fourth-order valence-corrected chi connectivity index (χ4v) is 1.26. The van der Waals surface area contributed by atoms with E-state index in [2.05, 4.69) is 0 Å². The maximum Gasteiger partial charge on any atom is 0.241 e. The fourth-order valence-electron chi connectivity index (χ4n) is 1.26. The van der Waals surface area contributed by atoms with Crippen LogP contribution in [0.2, 0.25) is 0 Å². The number of primary amides is 1. The Balaban J connectivity index is 2.35. The highest BCUT2D eigenvalue weighted by Crippen LogP contribution is 2.35. The van der Waals surface area contributed by atoms with E-state index in [0.717, 1.165) is 5.56 Å². The molecule has 1 aromatic carbocycles. The van der Waals surface area contributed by atoms with Gasteiger partial charge in [-0.25, -0.2) is 0 Å². The van der Waals surface area contributed by atoms with Crippen LogP contribution < -0.4 is 15.2 Å². The van der Waals surface area contributed by atoms with Crippen LogP contribution in [0.1, 0.15) is 5.56 Å². The smallest absolute Gasteiger partial charge is 0.241 e. The minimum absolute atomic E-state index is 0.219. The van der Waals surface area contributed by atoms with Crippen LogP contribution in [0.3, 0.4) is 0 Å². The Hall–Kier alpha value is -1.97. The van der Waals surface area contributed by atoms with Crippen molar-refractivity contribution in [2.24, 2.45) is 5.73 Å². The lowest BCUT2D eigenvalue weighted by atomic mass is 10.1. The number of benzene rings is 1. The van der Waals surface area contributed by atoms with E-state index in [4.69, 9.17) is 15.2 Å². The number of hydrogen-bond donors (Lipinski definition) is 1. The van der Waals surface area contributed by atoms with E-state index in [0.29, 0.717) is 11.5 Å². The Morgan fingerprint density at radius 1 is 1.43 bits per heavy atom. The summed E-state index contributed by atoms with van der Waals surface area (Å²) < 4.78 is 10.4. The Morgan fingerprint density at radius 2 is 2.29 bits per heavy atom. The van der Waals surface area contributed by atoms with Gasteiger partial charge >= 0.3 is 0 Å². The molecule has 2 rings (SSSR count). The first-order chi connectivity index (χ1) is 6.77. The number of carbonyl (C=O) groups excluding carboxylic acids is 1. The van der Waals surface area contributed by atoms with Crippen molar-refractivity contribution < 1.29 is 14.3 Å². The van der Waals surface area contributed by atoms with Gasteiger partial charge in [0, 0.05) is 11.6 Å². The van der Waals surface area contributed by atoms with Crippen molar-refractivity contribution in [1.82, 2.24) is 0 Å². The van der Waals surface area contributed by atoms with Crippen LogP contribution >= 0.6 is 0 Å². The van der Waals surface area contributed by atoms with Gasteiger partial charge in [0.15, 0.2) is 11.5 Å². The Kier molecular flexibility index (Phi) is 2.10. The highest BCUT2D eigenvalue weighted by Gasteiger charge is 2.15. The molecule has 0 fully saturated rings. The van der Waals surface area contributed by atoms with Crippen LogP contribution in [0.4, 0.5) is 0 Å². The van der Waals surface area contributed by atoms with Gasteiger partial charge in [0.05, 0.1) is 0 Å². The molecule has 0 aliphatic carbocycles. The van der Waals surface area contributed by atoms with E-state index in [1.54, 1.807) is 6.08 Å². The average molecular weight is 191 g/mol. The third-order valence-electron chi connectivity index (χ3n) is 1.85. The number of hydrogen-bond acceptors (Lipinski definition) is 3. The van der Waals surface area contributed by atoms with Crippen molar-refractivity contribution in [1.29, 1.82) is 0 Å². The van der Waals surface area contributed by atoms with Gasteiger partial charge in [-0.15, -0.1) is 0 Å². The zero-order valence-electron chi connectivity index (χ0n) is 7.40. The maximum absolute atomic E-state index is 10.5. The summed E-state index contributed by atoms with van der Waals surface area (Å²) in [6, 6.07) is 5.46. The number of amides is 1. The molecule has 4 nitrogen and oxygen atoms in total. The lowest BCUT2D eigenvalue weighted by Gasteiger charge is -1.99. The van der Waals surface area contributed by atoms with E-state index in [1.165, 1.54) is 6.08 Å². The summed E-state index contributed by atoms with van der Waals surface area (Å²) in [5.74, 6) is 0.864. The Bertz CT molecular complexity index is 398. The molecular formula is C10H9NO3. The standard InChI is InChI=1S/C10H9NO3/c11-9(12)5-4-7-2-1-3-8-10(7)14-6-13-8/h1-5H,6H2,(H2,11,12)/b5-4-. The van der Waals surface area contributed by atoms with Gasteiger partial charge in [0.2, 0.25) is 12.7 Å². The van der Waals surface area contributed by atoms with Crippen molar-refractivity contribution in [3.8, 4) is 11.5 Å². The monoisotopic (exact) mass is 191 g/mol. The summed E-state index contributed by atoms with van der Waals surface area (Å²) in [6.07, 6.45) is 2.90. The topological polar surface area (TPSA) is 61.6 Å². The molecule has 1 aromatic rings. The third kappa shape index (κ3) is 1.54. The van der Waals surface area contributed by atoms with E-state index >= 15 is 0 Å². The average Bonchev–Trinajstić information content (AvgIpc) is 2.62. The summed E-state index contributed by atoms with van der Waals surface area (Å²) >= 11 is 0. The molecule has 0 bridgehead atoms. The van der Waals surface area contributed by atoms with Gasteiger partial charge < -0.3 is 15.2 Å². The molecule has 0 spiro atoms. The summed E-state index contributed by atoms with van der Waals surface area (Å²) in [4.78, 5) is 10.5. The quantitative estimate of drug-likeness (QED) is 0.707. The number of carbonyl (C=O) groups is 1. The van der Waals surface area contributed by atoms with Crippen LogP contribution in [0.15, 0.2) is 24.3 Å². The zero-order chi connectivity index (χ0) is 9.97. The molecule has 0 saturated heterocycles. The molecule has 1 aliphatic rings. The molecule has 1 heterocycles. The molecular weight excluding hydrogens is 182 g/mol. The molecule has 0 unspecified atom stereocenters. The van der Waals surface area contributed by atoms with Crippen molar-refractivity contribution >= 4 is 12.0 Å². The van der Waals surface area contributed by atoms with Gasteiger partial charge in [-0.3, -0.25) is 4.79 Å². The van der Waals surface area contributed by atoms with Crippen LogP contribution in [0, 0.1) is 0 Å². The molecule has 2 N–H and O–H groups in total. The second kappa shape index (κ2) is 3.41. The van der Waals surface area contributed by atoms with Crippen molar-refractivity contribution in [3.05, 3.63) is 29.8 Å². The molecule has 72 valence electrons. The minimum atomic E-state index is -0.485. The summed E-state index contributed by atoms with van der Waals surface area (Å²) in [5.41, 5.74) is 5.78. The largest absolute Gasteiger partial charge is 0.454 e. The van der Waals surface area contributed by atoms with E-state index < -0.39 is 5.91 Å². The molecule has 0 radical (unpaired) electrons. The Morgan fingerprint density at radius 3 is 3.07 bits per heavy atom. The summed E-state index contributed by atoms with van der Waals surface area (Å²) in [7, 11) is 0. The number of para-hydroxylation sites is 1. The predicted octanol–water partition coefficient (Wildman–Crippen LogP) is 0.914.